The minimum atomic E-state index is -0.101. The van der Waals surface area contributed by atoms with Crippen LogP contribution in [0.4, 0.5) is 0 Å². The molecule has 0 bridgehead atoms. The van der Waals surface area contributed by atoms with Gasteiger partial charge in [-0.1, -0.05) is 34.8 Å². The lowest BCUT2D eigenvalue weighted by Crippen LogP contribution is -2.35. The first-order valence-electron chi connectivity index (χ1n) is 5.53. The molecule has 5 heteroatoms. The van der Waals surface area contributed by atoms with Crippen LogP contribution in [0.15, 0.2) is 12.1 Å². The molecule has 0 saturated carbocycles. The third-order valence-corrected chi connectivity index (χ3v) is 3.68. The molecule has 1 heterocycles. The molecule has 1 aromatic carbocycles. The molecule has 2 nitrogen and oxygen atoms in total. The normalized spacial score (nSPS) is 16.1. The second-order valence-corrected chi connectivity index (χ2v) is 5.35. The number of nitrogens with zero attached hydrogens (tertiary/aromatic N) is 1. The van der Waals surface area contributed by atoms with E-state index in [1.807, 2.05) is 0 Å². The van der Waals surface area contributed by atoms with Crippen molar-refractivity contribution in [1.29, 1.82) is 0 Å². The summed E-state index contributed by atoms with van der Waals surface area (Å²) in [5.74, 6) is -0.101. The number of carbonyl (C=O) groups excluding carboxylic acids is 1. The molecule has 0 spiro atoms. The van der Waals surface area contributed by atoms with Crippen LogP contribution in [0.1, 0.15) is 29.6 Å². The highest BCUT2D eigenvalue weighted by atomic mass is 35.5. The molecule has 0 aliphatic carbocycles. The number of hydrogen-bond acceptors (Lipinski definition) is 1. The average molecular weight is 293 g/mol. The van der Waals surface area contributed by atoms with E-state index in [1.54, 1.807) is 17.0 Å². The Bertz CT molecular complexity index is 418. The fourth-order valence-electron chi connectivity index (χ4n) is 2.00. The van der Waals surface area contributed by atoms with Crippen LogP contribution in [-0.2, 0) is 0 Å². The van der Waals surface area contributed by atoms with E-state index in [0.29, 0.717) is 20.6 Å². The number of amides is 1. The summed E-state index contributed by atoms with van der Waals surface area (Å²) in [6.45, 7) is 1.54. The molecule has 1 aromatic rings. The van der Waals surface area contributed by atoms with E-state index in [4.69, 9.17) is 34.8 Å². The largest absolute Gasteiger partial charge is 0.339 e. The Balaban J connectivity index is 2.30. The van der Waals surface area contributed by atoms with E-state index in [1.165, 1.54) is 6.42 Å². The predicted molar refractivity (Wildman–Crippen MR) is 71.2 cm³/mol. The van der Waals surface area contributed by atoms with Crippen LogP contribution < -0.4 is 0 Å². The Morgan fingerprint density at radius 2 is 1.53 bits per heavy atom. The molecule has 0 atom stereocenters. The summed E-state index contributed by atoms with van der Waals surface area (Å²) < 4.78 is 0. The first-order valence-corrected chi connectivity index (χ1v) is 6.67. The molecule has 92 valence electrons. The summed E-state index contributed by atoms with van der Waals surface area (Å²) >= 11 is 17.9. The van der Waals surface area contributed by atoms with Gasteiger partial charge in [-0.15, -0.1) is 0 Å². The van der Waals surface area contributed by atoms with Crippen LogP contribution in [-0.4, -0.2) is 23.9 Å². The van der Waals surface area contributed by atoms with Gasteiger partial charge in [-0.2, -0.15) is 0 Å². The fraction of sp³-hybridized carbons (Fsp3) is 0.417. The van der Waals surface area contributed by atoms with Crippen molar-refractivity contribution >= 4 is 40.7 Å². The van der Waals surface area contributed by atoms with Gasteiger partial charge in [-0.05, 0) is 31.4 Å². The molecule has 0 radical (unpaired) electrons. The van der Waals surface area contributed by atoms with E-state index in [-0.39, 0.29) is 5.91 Å². The van der Waals surface area contributed by atoms with E-state index in [9.17, 15) is 4.79 Å². The van der Waals surface area contributed by atoms with Crippen molar-refractivity contribution in [2.75, 3.05) is 13.1 Å². The maximum atomic E-state index is 12.3. The zero-order valence-corrected chi connectivity index (χ0v) is 11.4. The van der Waals surface area contributed by atoms with E-state index >= 15 is 0 Å². The standard InChI is InChI=1S/C12H12Cl3NO/c13-8-6-9(14)11(10(15)7-8)12(17)16-4-2-1-3-5-16/h6-7H,1-5H2. The third kappa shape index (κ3) is 2.87. The zero-order chi connectivity index (χ0) is 12.4. The van der Waals surface area contributed by atoms with Crippen molar-refractivity contribution in [3.63, 3.8) is 0 Å². The van der Waals surface area contributed by atoms with Gasteiger partial charge in [0.05, 0.1) is 15.6 Å². The average Bonchev–Trinajstić information content (AvgIpc) is 2.28. The van der Waals surface area contributed by atoms with Crippen LogP contribution >= 0.6 is 34.8 Å². The topological polar surface area (TPSA) is 20.3 Å². The Labute approximate surface area is 115 Å². The van der Waals surface area contributed by atoms with Crippen LogP contribution in [0.3, 0.4) is 0 Å². The number of piperidine rings is 1. The molecule has 17 heavy (non-hydrogen) atoms. The smallest absolute Gasteiger partial charge is 0.256 e. The summed E-state index contributed by atoms with van der Waals surface area (Å²) in [5.41, 5.74) is 0.361. The molecular formula is C12H12Cl3NO. The summed E-state index contributed by atoms with van der Waals surface area (Å²) in [4.78, 5) is 14.1. The van der Waals surface area contributed by atoms with Crippen molar-refractivity contribution in [2.45, 2.75) is 19.3 Å². The summed E-state index contributed by atoms with van der Waals surface area (Å²) in [6.07, 6.45) is 3.25. The van der Waals surface area contributed by atoms with Gasteiger partial charge in [-0.25, -0.2) is 0 Å². The van der Waals surface area contributed by atoms with Crippen molar-refractivity contribution in [1.82, 2.24) is 4.90 Å². The van der Waals surface area contributed by atoms with Crippen molar-refractivity contribution in [3.05, 3.63) is 32.8 Å². The van der Waals surface area contributed by atoms with Gasteiger partial charge in [0, 0.05) is 18.1 Å². The molecule has 1 saturated heterocycles. The van der Waals surface area contributed by atoms with Crippen LogP contribution in [0.2, 0.25) is 15.1 Å². The number of carbonyl (C=O) groups is 1. The fourth-order valence-corrected chi connectivity index (χ4v) is 2.98. The van der Waals surface area contributed by atoms with Gasteiger partial charge in [0.25, 0.3) is 5.91 Å². The van der Waals surface area contributed by atoms with Gasteiger partial charge in [0.15, 0.2) is 0 Å². The molecular weight excluding hydrogens is 280 g/mol. The maximum absolute atomic E-state index is 12.3. The Kier molecular flexibility index (Phi) is 4.18. The maximum Gasteiger partial charge on any atom is 0.256 e. The Morgan fingerprint density at radius 3 is 2.06 bits per heavy atom. The van der Waals surface area contributed by atoms with Gasteiger partial charge < -0.3 is 4.90 Å². The molecule has 1 fully saturated rings. The Morgan fingerprint density at radius 1 is 1.00 bits per heavy atom. The lowest BCUT2D eigenvalue weighted by molar-refractivity contribution is 0.0724. The highest BCUT2D eigenvalue weighted by Crippen LogP contribution is 2.30. The number of benzene rings is 1. The van der Waals surface area contributed by atoms with Crippen LogP contribution in [0.25, 0.3) is 0 Å². The molecule has 1 aliphatic rings. The monoisotopic (exact) mass is 291 g/mol. The van der Waals surface area contributed by atoms with E-state index < -0.39 is 0 Å². The SMILES string of the molecule is O=C(c1c(Cl)cc(Cl)cc1Cl)N1CCCCC1. The molecule has 0 aromatic heterocycles. The first kappa shape index (κ1) is 13.0. The number of hydrogen-bond donors (Lipinski definition) is 0. The molecule has 1 aliphatic heterocycles. The minimum absolute atomic E-state index is 0.101. The summed E-state index contributed by atoms with van der Waals surface area (Å²) in [7, 11) is 0. The summed E-state index contributed by atoms with van der Waals surface area (Å²) in [5, 5.41) is 1.08. The van der Waals surface area contributed by atoms with Gasteiger partial charge in [0.1, 0.15) is 0 Å². The van der Waals surface area contributed by atoms with Crippen molar-refractivity contribution in [2.24, 2.45) is 0 Å². The second-order valence-electron chi connectivity index (χ2n) is 4.10. The first-order chi connectivity index (χ1) is 8.09. The lowest BCUT2D eigenvalue weighted by atomic mass is 10.1. The highest BCUT2D eigenvalue weighted by molar-refractivity contribution is 6.42. The minimum Gasteiger partial charge on any atom is -0.339 e. The molecule has 0 unspecified atom stereocenters. The molecule has 2 rings (SSSR count). The second kappa shape index (κ2) is 5.47. The zero-order valence-electron chi connectivity index (χ0n) is 9.18. The number of likely N-dealkylation sites (tertiary alicyclic amines) is 1. The van der Waals surface area contributed by atoms with Crippen LogP contribution in [0.5, 0.6) is 0 Å². The lowest BCUT2D eigenvalue weighted by Gasteiger charge is -2.27. The third-order valence-electron chi connectivity index (χ3n) is 2.86. The number of halogens is 3. The van der Waals surface area contributed by atoms with Crippen LogP contribution in [0, 0.1) is 0 Å². The molecule has 0 N–H and O–H groups in total. The molecule has 1 amide bonds. The predicted octanol–water partition coefficient (Wildman–Crippen LogP) is 4.27. The van der Waals surface area contributed by atoms with Gasteiger partial charge in [-0.3, -0.25) is 4.79 Å². The van der Waals surface area contributed by atoms with Crippen molar-refractivity contribution < 1.29 is 4.79 Å². The van der Waals surface area contributed by atoms with Gasteiger partial charge in [0.2, 0.25) is 0 Å². The quantitative estimate of drug-likeness (QED) is 0.757. The van der Waals surface area contributed by atoms with E-state index in [0.717, 1.165) is 25.9 Å². The highest BCUT2D eigenvalue weighted by Gasteiger charge is 2.23. The summed E-state index contributed by atoms with van der Waals surface area (Å²) in [6, 6.07) is 3.10. The van der Waals surface area contributed by atoms with Crippen molar-refractivity contribution in [3.8, 4) is 0 Å². The van der Waals surface area contributed by atoms with Gasteiger partial charge >= 0.3 is 0 Å². The number of rotatable bonds is 1. The Hall–Kier alpha value is -0.440. The van der Waals surface area contributed by atoms with E-state index in [2.05, 4.69) is 0 Å².